The summed E-state index contributed by atoms with van der Waals surface area (Å²) in [5.74, 6) is 0.219. The summed E-state index contributed by atoms with van der Waals surface area (Å²) in [6.07, 6.45) is 0.333. The monoisotopic (exact) mass is 294 g/mol. The fourth-order valence-electron chi connectivity index (χ4n) is 2.11. The molecule has 0 aromatic heterocycles. The predicted molar refractivity (Wildman–Crippen MR) is 77.7 cm³/mol. The Hall–Kier alpha value is -1.58. The lowest BCUT2D eigenvalue weighted by Crippen LogP contribution is -2.24. The van der Waals surface area contributed by atoms with E-state index in [-0.39, 0.29) is 5.02 Å². The van der Waals surface area contributed by atoms with Crippen LogP contribution in [0.15, 0.2) is 42.5 Å². The molecule has 0 amide bonds. The molecule has 0 bridgehead atoms. The van der Waals surface area contributed by atoms with E-state index in [1.165, 1.54) is 12.1 Å². The lowest BCUT2D eigenvalue weighted by molar-refractivity contribution is 0.0574. The number of hydrogen-bond donors (Lipinski definition) is 1. The number of methoxy groups -OCH3 is 1. The van der Waals surface area contributed by atoms with Crippen molar-refractivity contribution >= 4 is 11.6 Å². The van der Waals surface area contributed by atoms with E-state index in [2.05, 4.69) is 0 Å². The first-order valence-corrected chi connectivity index (χ1v) is 6.61. The number of rotatable bonds is 4. The van der Waals surface area contributed by atoms with Crippen molar-refractivity contribution in [2.24, 2.45) is 0 Å². The van der Waals surface area contributed by atoms with E-state index >= 15 is 0 Å². The summed E-state index contributed by atoms with van der Waals surface area (Å²) in [7, 11) is 1.58. The molecule has 1 unspecified atom stereocenters. The van der Waals surface area contributed by atoms with Gasteiger partial charge in [-0.05, 0) is 42.3 Å². The highest BCUT2D eigenvalue weighted by atomic mass is 35.5. The molecule has 4 heteroatoms. The van der Waals surface area contributed by atoms with Crippen LogP contribution in [-0.4, -0.2) is 12.2 Å². The van der Waals surface area contributed by atoms with Gasteiger partial charge in [-0.1, -0.05) is 29.8 Å². The minimum absolute atomic E-state index is 0.0592. The molecule has 1 N–H and O–H groups in total. The maximum absolute atomic E-state index is 13.1. The average Bonchev–Trinajstić information content (AvgIpc) is 2.43. The van der Waals surface area contributed by atoms with Gasteiger partial charge in [-0.2, -0.15) is 0 Å². The molecule has 0 heterocycles. The Morgan fingerprint density at radius 3 is 2.65 bits per heavy atom. The van der Waals surface area contributed by atoms with Crippen molar-refractivity contribution in [1.29, 1.82) is 0 Å². The largest absolute Gasteiger partial charge is 0.497 e. The molecule has 0 aliphatic carbocycles. The van der Waals surface area contributed by atoms with Gasteiger partial charge in [-0.15, -0.1) is 0 Å². The highest BCUT2D eigenvalue weighted by molar-refractivity contribution is 6.30. The van der Waals surface area contributed by atoms with Gasteiger partial charge in [-0.3, -0.25) is 0 Å². The maximum Gasteiger partial charge on any atom is 0.141 e. The van der Waals surface area contributed by atoms with Crippen LogP contribution in [0, 0.1) is 5.82 Å². The summed E-state index contributed by atoms with van der Waals surface area (Å²) in [5.41, 5.74) is 0.414. The molecule has 0 aliphatic heterocycles. The normalized spacial score (nSPS) is 13.8. The van der Waals surface area contributed by atoms with Gasteiger partial charge in [-0.25, -0.2) is 4.39 Å². The molecule has 0 spiro atoms. The van der Waals surface area contributed by atoms with Gasteiger partial charge >= 0.3 is 0 Å². The van der Waals surface area contributed by atoms with Crippen molar-refractivity contribution in [2.45, 2.75) is 18.9 Å². The van der Waals surface area contributed by atoms with Crippen molar-refractivity contribution in [3.05, 3.63) is 64.4 Å². The van der Waals surface area contributed by atoms with Crippen LogP contribution in [0.2, 0.25) is 5.02 Å². The van der Waals surface area contributed by atoms with Crippen molar-refractivity contribution in [3.8, 4) is 5.75 Å². The van der Waals surface area contributed by atoms with Crippen molar-refractivity contribution in [3.63, 3.8) is 0 Å². The molecule has 1 atom stereocenters. The minimum atomic E-state index is -1.09. The summed E-state index contributed by atoms with van der Waals surface area (Å²) in [6, 6.07) is 11.7. The zero-order valence-corrected chi connectivity index (χ0v) is 12.1. The van der Waals surface area contributed by atoms with Crippen LogP contribution in [0.25, 0.3) is 0 Å². The molecular formula is C16H16ClFO2. The molecule has 20 heavy (non-hydrogen) atoms. The summed E-state index contributed by atoms with van der Waals surface area (Å²) in [4.78, 5) is 0. The molecule has 106 valence electrons. The maximum atomic E-state index is 13.1. The molecule has 0 saturated heterocycles. The second-order valence-corrected chi connectivity index (χ2v) is 5.34. The molecule has 2 rings (SSSR count). The molecule has 0 saturated carbocycles. The quantitative estimate of drug-likeness (QED) is 0.925. The topological polar surface area (TPSA) is 29.5 Å². The van der Waals surface area contributed by atoms with Crippen LogP contribution in [0.5, 0.6) is 5.75 Å². The van der Waals surface area contributed by atoms with E-state index in [1.54, 1.807) is 26.2 Å². The zero-order valence-electron chi connectivity index (χ0n) is 11.4. The number of ether oxygens (including phenoxy) is 1. The molecule has 0 radical (unpaired) electrons. The van der Waals surface area contributed by atoms with Gasteiger partial charge in [0.25, 0.3) is 0 Å². The predicted octanol–water partition coefficient (Wildman–Crippen LogP) is 3.94. The highest BCUT2D eigenvalue weighted by Crippen LogP contribution is 2.29. The number of halogens is 2. The summed E-state index contributed by atoms with van der Waals surface area (Å²) < 4.78 is 18.3. The molecule has 2 aromatic carbocycles. The van der Waals surface area contributed by atoms with E-state index in [0.29, 0.717) is 12.2 Å². The Bertz CT molecular complexity index is 611. The van der Waals surface area contributed by atoms with Gasteiger partial charge in [0.1, 0.15) is 11.6 Å². The van der Waals surface area contributed by atoms with Crippen molar-refractivity contribution in [2.75, 3.05) is 7.11 Å². The molecule has 0 aliphatic rings. The lowest BCUT2D eigenvalue weighted by atomic mass is 9.89. The third-order valence-corrected chi connectivity index (χ3v) is 3.51. The SMILES string of the molecule is COc1cccc(C(C)(O)Cc2ccc(F)c(Cl)c2)c1. The Labute approximate surface area is 122 Å². The van der Waals surface area contributed by atoms with Crippen molar-refractivity contribution < 1.29 is 14.2 Å². The standard InChI is InChI=1S/C16H16ClFO2/c1-16(19,12-4-3-5-13(9-12)20-2)10-11-6-7-15(18)14(17)8-11/h3-9,19H,10H2,1-2H3. The summed E-state index contributed by atoms with van der Waals surface area (Å²) in [5, 5.41) is 10.7. The van der Waals surface area contributed by atoms with Crippen LogP contribution in [-0.2, 0) is 12.0 Å². The number of aliphatic hydroxyl groups is 1. The van der Waals surface area contributed by atoms with E-state index in [0.717, 1.165) is 11.1 Å². The smallest absolute Gasteiger partial charge is 0.141 e. The molecule has 0 fully saturated rings. The fraction of sp³-hybridized carbons (Fsp3) is 0.250. The van der Waals surface area contributed by atoms with Gasteiger partial charge in [0, 0.05) is 6.42 Å². The fourth-order valence-corrected chi connectivity index (χ4v) is 2.31. The summed E-state index contributed by atoms with van der Waals surface area (Å²) in [6.45, 7) is 1.71. The third-order valence-electron chi connectivity index (χ3n) is 3.22. The van der Waals surface area contributed by atoms with E-state index < -0.39 is 11.4 Å². The van der Waals surface area contributed by atoms with Crippen LogP contribution in [0.4, 0.5) is 4.39 Å². The Morgan fingerprint density at radius 2 is 2.00 bits per heavy atom. The highest BCUT2D eigenvalue weighted by Gasteiger charge is 2.24. The Morgan fingerprint density at radius 1 is 1.25 bits per heavy atom. The van der Waals surface area contributed by atoms with Gasteiger partial charge in [0.15, 0.2) is 0 Å². The zero-order chi connectivity index (χ0) is 14.8. The van der Waals surface area contributed by atoms with E-state index in [1.807, 2.05) is 18.2 Å². The van der Waals surface area contributed by atoms with Crippen LogP contribution >= 0.6 is 11.6 Å². The second kappa shape index (κ2) is 5.81. The number of benzene rings is 2. The first-order valence-electron chi connectivity index (χ1n) is 6.23. The first kappa shape index (κ1) is 14.8. The van der Waals surface area contributed by atoms with Gasteiger partial charge < -0.3 is 9.84 Å². The Balaban J connectivity index is 2.27. The summed E-state index contributed by atoms with van der Waals surface area (Å²) >= 11 is 5.76. The van der Waals surface area contributed by atoms with Crippen LogP contribution < -0.4 is 4.74 Å². The van der Waals surface area contributed by atoms with E-state index in [4.69, 9.17) is 16.3 Å². The lowest BCUT2D eigenvalue weighted by Gasteiger charge is -2.24. The molecular weight excluding hydrogens is 279 g/mol. The third kappa shape index (κ3) is 3.30. The molecule has 2 nitrogen and oxygen atoms in total. The van der Waals surface area contributed by atoms with E-state index in [9.17, 15) is 9.50 Å². The van der Waals surface area contributed by atoms with Crippen LogP contribution in [0.3, 0.4) is 0 Å². The average molecular weight is 295 g/mol. The Kier molecular flexibility index (Phi) is 4.31. The number of hydrogen-bond acceptors (Lipinski definition) is 2. The van der Waals surface area contributed by atoms with Crippen LogP contribution in [0.1, 0.15) is 18.1 Å². The minimum Gasteiger partial charge on any atom is -0.497 e. The van der Waals surface area contributed by atoms with Crippen molar-refractivity contribution in [1.82, 2.24) is 0 Å². The molecule has 2 aromatic rings. The van der Waals surface area contributed by atoms with Gasteiger partial charge in [0.05, 0.1) is 17.7 Å². The second-order valence-electron chi connectivity index (χ2n) is 4.93. The first-order chi connectivity index (χ1) is 9.42. The van der Waals surface area contributed by atoms with Gasteiger partial charge in [0.2, 0.25) is 0 Å².